The molecule has 7 nitrogen and oxygen atoms in total. The molecule has 0 aromatic rings. The molecule has 2 rings (SSSR count). The van der Waals surface area contributed by atoms with Gasteiger partial charge in [0.2, 0.25) is 5.91 Å². The van der Waals surface area contributed by atoms with Crippen LogP contribution in [0.1, 0.15) is 65.2 Å². The summed E-state index contributed by atoms with van der Waals surface area (Å²) in [5, 5.41) is 36.5. The number of aliphatic hydroxyl groups excluding tert-OH is 3. The van der Waals surface area contributed by atoms with E-state index in [0.717, 1.165) is 12.8 Å². The van der Waals surface area contributed by atoms with Gasteiger partial charge in [-0.15, -0.1) is 23.4 Å². The zero-order valence-electron chi connectivity index (χ0n) is 20.7. The Labute approximate surface area is 213 Å². The summed E-state index contributed by atoms with van der Waals surface area (Å²) >= 11 is 7.60. The van der Waals surface area contributed by atoms with Crippen LogP contribution in [0.4, 0.5) is 0 Å². The number of allylic oxidation sites excluding steroid dienone is 2. The number of hydrogen-bond donors (Lipinski definition) is 5. The summed E-state index contributed by atoms with van der Waals surface area (Å²) in [5.41, 5.74) is 0.503. The minimum absolute atomic E-state index is 0.230. The van der Waals surface area contributed by atoms with Gasteiger partial charge in [0.05, 0.1) is 17.5 Å². The number of carbonyl (C=O) groups is 1. The first-order valence-electron chi connectivity index (χ1n) is 12.6. The molecule has 0 saturated carbocycles. The van der Waals surface area contributed by atoms with Gasteiger partial charge in [-0.1, -0.05) is 56.4 Å². The number of amides is 1. The molecule has 2 aliphatic rings. The van der Waals surface area contributed by atoms with Gasteiger partial charge in [-0.3, -0.25) is 4.79 Å². The third-order valence-electron chi connectivity index (χ3n) is 6.54. The second-order valence-corrected chi connectivity index (χ2v) is 10.9. The average molecular weight is 519 g/mol. The van der Waals surface area contributed by atoms with Crippen molar-refractivity contribution in [2.45, 2.75) is 113 Å². The van der Waals surface area contributed by atoms with Crippen LogP contribution in [0.3, 0.4) is 0 Å². The van der Waals surface area contributed by atoms with Crippen LogP contribution in [-0.4, -0.2) is 81.3 Å². The van der Waals surface area contributed by atoms with Crippen molar-refractivity contribution in [3.63, 3.8) is 0 Å². The SMILES string of the molecule is CCCCCCC/C=C/C1=CC[C@@H](C(=O)N[C@H](C(C)Cl)[C@H]2OC(SC)[C@H](O)C(O)C2O)NCC1. The Morgan fingerprint density at radius 2 is 2.00 bits per heavy atom. The minimum atomic E-state index is -1.38. The van der Waals surface area contributed by atoms with Crippen molar-refractivity contribution in [2.75, 3.05) is 12.8 Å². The molecule has 2 aliphatic heterocycles. The molecule has 1 amide bonds. The molecule has 0 aliphatic carbocycles. The van der Waals surface area contributed by atoms with Crippen LogP contribution in [0.5, 0.6) is 0 Å². The molecule has 0 bridgehead atoms. The third kappa shape index (κ3) is 8.80. The number of thioether (sulfide) groups is 1. The van der Waals surface area contributed by atoms with E-state index in [2.05, 4.69) is 35.8 Å². The Bertz CT molecular complexity index is 676. The van der Waals surface area contributed by atoms with E-state index >= 15 is 0 Å². The molecule has 196 valence electrons. The van der Waals surface area contributed by atoms with Crippen LogP contribution in [0.2, 0.25) is 0 Å². The molecule has 2 heterocycles. The van der Waals surface area contributed by atoms with E-state index in [9.17, 15) is 20.1 Å². The maximum atomic E-state index is 13.1. The van der Waals surface area contributed by atoms with Crippen molar-refractivity contribution in [3.8, 4) is 0 Å². The molecular weight excluding hydrogens is 476 g/mol. The van der Waals surface area contributed by atoms with E-state index in [1.54, 1.807) is 13.2 Å². The van der Waals surface area contributed by atoms with Gasteiger partial charge in [0.1, 0.15) is 29.9 Å². The molecule has 0 radical (unpaired) electrons. The largest absolute Gasteiger partial charge is 0.388 e. The number of unbranched alkanes of at least 4 members (excludes halogenated alkanes) is 5. The molecule has 1 saturated heterocycles. The number of halogens is 1. The third-order valence-corrected chi connectivity index (χ3v) is 7.67. The van der Waals surface area contributed by atoms with E-state index in [0.29, 0.717) is 13.0 Å². The molecule has 8 atom stereocenters. The molecule has 0 aromatic carbocycles. The predicted octanol–water partition coefficient (Wildman–Crippen LogP) is 2.86. The second-order valence-electron chi connectivity index (χ2n) is 9.27. The smallest absolute Gasteiger partial charge is 0.237 e. The highest BCUT2D eigenvalue weighted by Crippen LogP contribution is 2.30. The molecule has 0 aromatic heterocycles. The first kappa shape index (κ1) is 29.6. The lowest BCUT2D eigenvalue weighted by molar-refractivity contribution is -0.205. The van der Waals surface area contributed by atoms with Crippen molar-refractivity contribution < 1.29 is 24.9 Å². The predicted molar refractivity (Wildman–Crippen MR) is 139 cm³/mol. The van der Waals surface area contributed by atoms with Crippen LogP contribution >= 0.6 is 23.4 Å². The summed E-state index contributed by atoms with van der Waals surface area (Å²) in [6, 6.07) is -1.16. The average Bonchev–Trinajstić information content (AvgIpc) is 3.06. The van der Waals surface area contributed by atoms with Crippen molar-refractivity contribution >= 4 is 29.3 Å². The van der Waals surface area contributed by atoms with E-state index in [-0.39, 0.29) is 5.91 Å². The Hall–Kier alpha value is -0.610. The fourth-order valence-corrected chi connectivity index (χ4v) is 5.27. The van der Waals surface area contributed by atoms with Crippen LogP contribution in [0.25, 0.3) is 0 Å². The number of carbonyl (C=O) groups excluding carboxylic acids is 1. The zero-order chi connectivity index (χ0) is 25.1. The number of alkyl halides is 1. The summed E-state index contributed by atoms with van der Waals surface area (Å²) in [4.78, 5) is 13.1. The fraction of sp³-hybridized carbons (Fsp3) is 0.800. The van der Waals surface area contributed by atoms with E-state index in [1.807, 2.05) is 0 Å². The highest BCUT2D eigenvalue weighted by atomic mass is 35.5. The Morgan fingerprint density at radius 1 is 1.26 bits per heavy atom. The highest BCUT2D eigenvalue weighted by Gasteiger charge is 2.48. The minimum Gasteiger partial charge on any atom is -0.388 e. The van der Waals surface area contributed by atoms with Gasteiger partial charge in [-0.25, -0.2) is 0 Å². The Balaban J connectivity index is 1.93. The molecule has 0 spiro atoms. The Morgan fingerprint density at radius 3 is 2.68 bits per heavy atom. The standard InChI is InChI=1S/C25H43ClN2O5S/c1-4-5-6-7-8-9-10-11-17-12-13-18(27-15-14-17)24(32)28-19(16(2)26)23-21(30)20(29)22(31)25(33-23)34-3/h10-12,16,18-23,25,27,29-31H,4-9,13-15H2,1-3H3,(H,28,32)/b11-10+/t16?,18-,19+,20?,21?,22+,23+,25?/m0/s1. The lowest BCUT2D eigenvalue weighted by Gasteiger charge is -2.44. The number of rotatable bonds is 12. The van der Waals surface area contributed by atoms with E-state index in [4.69, 9.17) is 16.3 Å². The van der Waals surface area contributed by atoms with Crippen LogP contribution in [-0.2, 0) is 9.53 Å². The summed E-state index contributed by atoms with van der Waals surface area (Å²) < 4.78 is 5.83. The van der Waals surface area contributed by atoms with Crippen molar-refractivity contribution in [3.05, 3.63) is 23.8 Å². The normalized spacial score (nSPS) is 32.1. The Kier molecular flexibility index (Phi) is 13.5. The maximum Gasteiger partial charge on any atom is 0.237 e. The maximum absolute atomic E-state index is 13.1. The second kappa shape index (κ2) is 15.5. The van der Waals surface area contributed by atoms with Gasteiger partial charge in [-0.2, -0.15) is 0 Å². The van der Waals surface area contributed by atoms with Gasteiger partial charge in [0.25, 0.3) is 0 Å². The molecule has 9 heteroatoms. The highest BCUT2D eigenvalue weighted by molar-refractivity contribution is 7.99. The van der Waals surface area contributed by atoms with Crippen molar-refractivity contribution in [2.24, 2.45) is 0 Å². The number of ether oxygens (including phenoxy) is 1. The van der Waals surface area contributed by atoms with Crippen molar-refractivity contribution in [1.82, 2.24) is 10.6 Å². The van der Waals surface area contributed by atoms with E-state index in [1.165, 1.54) is 49.4 Å². The quantitative estimate of drug-likeness (QED) is 0.199. The van der Waals surface area contributed by atoms with Gasteiger partial charge in [-0.05, 0) is 45.4 Å². The number of hydrogen-bond acceptors (Lipinski definition) is 7. The fourth-order valence-electron chi connectivity index (χ4n) is 4.39. The molecule has 1 fully saturated rings. The van der Waals surface area contributed by atoms with Gasteiger partial charge < -0.3 is 30.7 Å². The molecule has 4 unspecified atom stereocenters. The first-order valence-corrected chi connectivity index (χ1v) is 14.3. The summed E-state index contributed by atoms with van der Waals surface area (Å²) in [5.74, 6) is -0.230. The van der Waals surface area contributed by atoms with Gasteiger partial charge in [0.15, 0.2) is 0 Å². The topological polar surface area (TPSA) is 111 Å². The zero-order valence-corrected chi connectivity index (χ0v) is 22.2. The van der Waals surface area contributed by atoms with Gasteiger partial charge in [0, 0.05) is 0 Å². The van der Waals surface area contributed by atoms with E-state index < -0.39 is 47.3 Å². The molecular formula is C25H43ClN2O5S. The first-order chi connectivity index (χ1) is 16.3. The number of aliphatic hydroxyl groups is 3. The lowest BCUT2D eigenvalue weighted by atomic mass is 9.93. The lowest BCUT2D eigenvalue weighted by Crippen LogP contribution is -2.65. The summed E-state index contributed by atoms with van der Waals surface area (Å²) in [6.45, 7) is 4.62. The summed E-state index contributed by atoms with van der Waals surface area (Å²) in [7, 11) is 0. The van der Waals surface area contributed by atoms with Crippen LogP contribution in [0, 0.1) is 0 Å². The number of nitrogens with one attached hydrogen (secondary N) is 2. The van der Waals surface area contributed by atoms with Crippen LogP contribution < -0.4 is 10.6 Å². The summed E-state index contributed by atoms with van der Waals surface area (Å²) in [6.07, 6.45) is 12.2. The molecule has 5 N–H and O–H groups in total. The van der Waals surface area contributed by atoms with Crippen molar-refractivity contribution in [1.29, 1.82) is 0 Å². The molecule has 34 heavy (non-hydrogen) atoms. The van der Waals surface area contributed by atoms with Crippen LogP contribution in [0.15, 0.2) is 23.8 Å². The monoisotopic (exact) mass is 518 g/mol. The van der Waals surface area contributed by atoms with Gasteiger partial charge >= 0.3 is 0 Å².